The number of aryl methyl sites for hydroxylation is 2. The molecule has 8 heteroatoms. The normalized spacial score (nSPS) is 14.9. The van der Waals surface area contributed by atoms with Crippen LogP contribution in [0.2, 0.25) is 0 Å². The van der Waals surface area contributed by atoms with Crippen LogP contribution in [0.3, 0.4) is 0 Å². The first-order chi connectivity index (χ1) is 14.7. The highest BCUT2D eigenvalue weighted by molar-refractivity contribution is 5.65. The van der Waals surface area contributed by atoms with Crippen molar-refractivity contribution in [1.29, 1.82) is 0 Å². The quantitative estimate of drug-likeness (QED) is 0.563. The molecule has 1 N–H and O–H groups in total. The Bertz CT molecular complexity index is 1140. The molecular weight excluding hydrogens is 376 g/mol. The molecule has 1 fully saturated rings. The molecule has 1 aliphatic heterocycles. The lowest BCUT2D eigenvalue weighted by Crippen LogP contribution is -2.40. The zero-order chi connectivity index (χ0) is 20.5. The molecule has 1 aliphatic rings. The van der Waals surface area contributed by atoms with Crippen molar-refractivity contribution in [2.45, 2.75) is 32.7 Å². The predicted molar refractivity (Wildman–Crippen MR) is 117 cm³/mol. The fourth-order valence-electron chi connectivity index (χ4n) is 3.99. The van der Waals surface area contributed by atoms with Gasteiger partial charge in [0.05, 0.1) is 5.69 Å². The molecule has 0 radical (unpaired) electrons. The van der Waals surface area contributed by atoms with Crippen molar-refractivity contribution < 1.29 is 0 Å². The van der Waals surface area contributed by atoms with Gasteiger partial charge in [0.15, 0.2) is 0 Å². The van der Waals surface area contributed by atoms with E-state index in [9.17, 15) is 0 Å². The molecule has 1 saturated heterocycles. The van der Waals surface area contributed by atoms with Crippen LogP contribution in [0.15, 0.2) is 48.8 Å². The average Bonchev–Trinajstić information content (AvgIpc) is 3.23. The topological polar surface area (TPSA) is 84.1 Å². The third-order valence-electron chi connectivity index (χ3n) is 5.44. The molecule has 4 heterocycles. The van der Waals surface area contributed by atoms with E-state index in [1.165, 1.54) is 0 Å². The lowest BCUT2D eigenvalue weighted by Gasteiger charge is -2.33. The Balaban J connectivity index is 1.35. The molecular formula is C22H24N8. The van der Waals surface area contributed by atoms with E-state index < -0.39 is 0 Å². The second kappa shape index (κ2) is 7.70. The molecule has 5 rings (SSSR count). The van der Waals surface area contributed by atoms with Crippen molar-refractivity contribution in [3.63, 3.8) is 0 Å². The van der Waals surface area contributed by atoms with E-state index in [-0.39, 0.29) is 0 Å². The van der Waals surface area contributed by atoms with Gasteiger partial charge in [-0.15, -0.1) is 0 Å². The molecule has 152 valence electrons. The van der Waals surface area contributed by atoms with Crippen molar-refractivity contribution in [1.82, 2.24) is 29.5 Å². The number of rotatable bonds is 4. The van der Waals surface area contributed by atoms with Gasteiger partial charge >= 0.3 is 0 Å². The predicted octanol–water partition coefficient (Wildman–Crippen LogP) is 3.28. The Morgan fingerprint density at radius 1 is 0.967 bits per heavy atom. The van der Waals surface area contributed by atoms with E-state index in [0.29, 0.717) is 11.8 Å². The van der Waals surface area contributed by atoms with Gasteiger partial charge in [-0.2, -0.15) is 14.6 Å². The van der Waals surface area contributed by atoms with Gasteiger partial charge < -0.3 is 10.2 Å². The summed E-state index contributed by atoms with van der Waals surface area (Å²) in [6.45, 7) is 5.86. The number of benzene rings is 1. The summed E-state index contributed by atoms with van der Waals surface area (Å²) >= 11 is 0. The molecule has 1 aromatic carbocycles. The zero-order valence-corrected chi connectivity index (χ0v) is 17.2. The molecule has 0 atom stereocenters. The van der Waals surface area contributed by atoms with Crippen LogP contribution < -0.4 is 10.2 Å². The Morgan fingerprint density at radius 3 is 2.53 bits per heavy atom. The SMILES string of the molecule is Cc1cc(N2CCC(Nc3cc(-c4ccccc4)nc4ncnn34)CC2)nc(C)n1. The van der Waals surface area contributed by atoms with Gasteiger partial charge in [0.1, 0.15) is 23.8 Å². The van der Waals surface area contributed by atoms with Gasteiger partial charge in [0.2, 0.25) is 0 Å². The van der Waals surface area contributed by atoms with E-state index in [1.807, 2.05) is 32.0 Å². The third-order valence-corrected chi connectivity index (χ3v) is 5.44. The minimum Gasteiger partial charge on any atom is -0.367 e. The van der Waals surface area contributed by atoms with E-state index in [4.69, 9.17) is 0 Å². The largest absolute Gasteiger partial charge is 0.367 e. The summed E-state index contributed by atoms with van der Waals surface area (Å²) in [5.41, 5.74) is 2.97. The van der Waals surface area contributed by atoms with Crippen LogP contribution in [-0.2, 0) is 0 Å². The highest BCUT2D eigenvalue weighted by Gasteiger charge is 2.22. The number of piperidine rings is 1. The highest BCUT2D eigenvalue weighted by atomic mass is 15.4. The molecule has 0 aliphatic carbocycles. The molecule has 0 amide bonds. The maximum Gasteiger partial charge on any atom is 0.254 e. The first-order valence-electron chi connectivity index (χ1n) is 10.3. The number of anilines is 2. The molecule has 4 aromatic rings. The third kappa shape index (κ3) is 3.68. The van der Waals surface area contributed by atoms with Crippen molar-refractivity contribution in [3.8, 4) is 11.3 Å². The van der Waals surface area contributed by atoms with E-state index in [0.717, 1.165) is 60.3 Å². The van der Waals surface area contributed by atoms with Gasteiger partial charge in [0.25, 0.3) is 5.78 Å². The molecule has 0 bridgehead atoms. The summed E-state index contributed by atoms with van der Waals surface area (Å²) in [6.07, 6.45) is 3.58. The maximum atomic E-state index is 4.65. The number of aromatic nitrogens is 6. The van der Waals surface area contributed by atoms with Gasteiger partial charge in [-0.05, 0) is 26.7 Å². The maximum absolute atomic E-state index is 4.65. The van der Waals surface area contributed by atoms with Crippen molar-refractivity contribution in [2.75, 3.05) is 23.3 Å². The second-order valence-corrected chi connectivity index (χ2v) is 7.68. The van der Waals surface area contributed by atoms with Gasteiger partial charge in [-0.3, -0.25) is 0 Å². The van der Waals surface area contributed by atoms with E-state index in [1.54, 1.807) is 10.8 Å². The number of nitrogens with one attached hydrogen (secondary N) is 1. The fourth-order valence-corrected chi connectivity index (χ4v) is 3.99. The van der Waals surface area contributed by atoms with Crippen molar-refractivity contribution in [2.24, 2.45) is 0 Å². The average molecular weight is 400 g/mol. The standard InChI is InChI=1S/C22H24N8/c1-15-12-20(26-16(2)25-15)29-10-8-18(9-11-29)27-21-13-19(17-6-4-3-5-7-17)28-22-23-14-24-30(21)22/h3-7,12-14,18,27H,8-11H2,1-2H3. The van der Waals surface area contributed by atoms with Crippen LogP contribution in [-0.4, -0.2) is 48.7 Å². The Kier molecular flexibility index (Phi) is 4.74. The van der Waals surface area contributed by atoms with Crippen LogP contribution in [0.4, 0.5) is 11.6 Å². The Hall–Kier alpha value is -3.55. The number of hydrogen-bond donors (Lipinski definition) is 1. The van der Waals surface area contributed by atoms with Crippen molar-refractivity contribution in [3.05, 3.63) is 60.3 Å². The van der Waals surface area contributed by atoms with Crippen molar-refractivity contribution >= 4 is 17.4 Å². The Labute approximate surface area is 175 Å². The smallest absolute Gasteiger partial charge is 0.254 e. The van der Waals surface area contributed by atoms with Gasteiger partial charge in [-0.25, -0.2) is 15.0 Å². The monoisotopic (exact) mass is 400 g/mol. The second-order valence-electron chi connectivity index (χ2n) is 7.68. The summed E-state index contributed by atoms with van der Waals surface area (Å²) in [4.78, 5) is 20.3. The van der Waals surface area contributed by atoms with Crippen LogP contribution in [0.25, 0.3) is 17.0 Å². The zero-order valence-electron chi connectivity index (χ0n) is 17.2. The van der Waals surface area contributed by atoms with Crippen LogP contribution >= 0.6 is 0 Å². The molecule has 0 unspecified atom stereocenters. The molecule has 0 spiro atoms. The highest BCUT2D eigenvalue weighted by Crippen LogP contribution is 2.24. The minimum absolute atomic E-state index is 0.351. The number of fused-ring (bicyclic) bond motifs is 1. The summed E-state index contributed by atoms with van der Waals surface area (Å²) in [6, 6.07) is 14.6. The summed E-state index contributed by atoms with van der Waals surface area (Å²) < 4.78 is 1.77. The van der Waals surface area contributed by atoms with Crippen LogP contribution in [0.5, 0.6) is 0 Å². The number of hydrogen-bond acceptors (Lipinski definition) is 7. The van der Waals surface area contributed by atoms with Crippen LogP contribution in [0, 0.1) is 13.8 Å². The summed E-state index contributed by atoms with van der Waals surface area (Å²) in [5, 5.41) is 8.03. The minimum atomic E-state index is 0.351. The lowest BCUT2D eigenvalue weighted by molar-refractivity contribution is 0.520. The molecule has 3 aromatic heterocycles. The van der Waals surface area contributed by atoms with Crippen LogP contribution in [0.1, 0.15) is 24.4 Å². The molecule has 0 saturated carbocycles. The lowest BCUT2D eigenvalue weighted by atomic mass is 10.0. The van der Waals surface area contributed by atoms with E-state index >= 15 is 0 Å². The summed E-state index contributed by atoms with van der Waals surface area (Å²) in [5.74, 6) is 3.36. The summed E-state index contributed by atoms with van der Waals surface area (Å²) in [7, 11) is 0. The molecule has 30 heavy (non-hydrogen) atoms. The number of nitrogens with zero attached hydrogens (tertiary/aromatic N) is 7. The van der Waals surface area contributed by atoms with Gasteiger partial charge in [0, 0.05) is 42.5 Å². The Morgan fingerprint density at radius 2 is 1.77 bits per heavy atom. The molecule has 8 nitrogen and oxygen atoms in total. The first kappa shape index (κ1) is 18.5. The van der Waals surface area contributed by atoms with Gasteiger partial charge in [-0.1, -0.05) is 30.3 Å². The fraction of sp³-hybridized carbons (Fsp3) is 0.318. The van der Waals surface area contributed by atoms with E-state index in [2.05, 4.69) is 59.5 Å². The first-order valence-corrected chi connectivity index (χ1v) is 10.3.